The molecule has 0 aliphatic heterocycles. The van der Waals surface area contributed by atoms with Crippen LogP contribution in [0.2, 0.25) is 0 Å². The van der Waals surface area contributed by atoms with Gasteiger partial charge in [-0.25, -0.2) is 0 Å². The lowest BCUT2D eigenvalue weighted by Crippen LogP contribution is -2.19. The van der Waals surface area contributed by atoms with E-state index in [1.165, 1.54) is 11.1 Å². The van der Waals surface area contributed by atoms with Gasteiger partial charge in [0.1, 0.15) is 19.0 Å². The van der Waals surface area contributed by atoms with Gasteiger partial charge in [0.25, 0.3) is 0 Å². The summed E-state index contributed by atoms with van der Waals surface area (Å²) in [4.78, 5) is 0. The zero-order valence-corrected chi connectivity index (χ0v) is 19.3. The van der Waals surface area contributed by atoms with Crippen molar-refractivity contribution in [2.45, 2.75) is 58.9 Å². The molecule has 1 N–H and O–H groups in total. The Bertz CT molecular complexity index is 801. The van der Waals surface area contributed by atoms with E-state index in [2.05, 4.69) is 65.1 Å². The molecule has 0 bridgehead atoms. The van der Waals surface area contributed by atoms with Crippen LogP contribution in [0.4, 0.5) is 0 Å². The molecule has 0 unspecified atom stereocenters. The average molecular weight is 400 g/mol. The molecule has 4 heteroatoms. The van der Waals surface area contributed by atoms with Crippen molar-refractivity contribution in [3.63, 3.8) is 0 Å². The third kappa shape index (κ3) is 6.40. The number of hydrogen-bond acceptors (Lipinski definition) is 4. The molecule has 0 aliphatic carbocycles. The Morgan fingerprint density at radius 1 is 0.759 bits per heavy atom. The largest absolute Gasteiger partial charge is 0.493 e. The number of hydrogen-bond donors (Lipinski definition) is 1. The zero-order chi connectivity index (χ0) is 21.7. The van der Waals surface area contributed by atoms with Crippen LogP contribution in [0.25, 0.3) is 0 Å². The highest BCUT2D eigenvalue weighted by Gasteiger charge is 2.23. The van der Waals surface area contributed by atoms with E-state index in [0.29, 0.717) is 13.2 Å². The quantitative estimate of drug-likeness (QED) is 0.598. The van der Waals surface area contributed by atoms with Gasteiger partial charge in [0.2, 0.25) is 0 Å². The number of benzene rings is 2. The van der Waals surface area contributed by atoms with Crippen molar-refractivity contribution >= 4 is 0 Å². The minimum Gasteiger partial charge on any atom is -0.493 e. The summed E-state index contributed by atoms with van der Waals surface area (Å²) in [6.07, 6.45) is 0. The first-order valence-corrected chi connectivity index (χ1v) is 10.3. The first kappa shape index (κ1) is 23.1. The Morgan fingerprint density at radius 3 is 1.93 bits per heavy atom. The lowest BCUT2D eigenvalue weighted by molar-refractivity contribution is 0.208. The maximum atomic E-state index is 6.11. The Labute approximate surface area is 176 Å². The predicted octanol–water partition coefficient (Wildman–Crippen LogP) is 5.47. The van der Waals surface area contributed by atoms with Crippen LogP contribution in [0, 0.1) is 0 Å². The van der Waals surface area contributed by atoms with Crippen LogP contribution in [0.3, 0.4) is 0 Å². The molecule has 0 aliphatic rings. The number of ether oxygens (including phenoxy) is 3. The first-order chi connectivity index (χ1) is 13.6. The summed E-state index contributed by atoms with van der Waals surface area (Å²) in [7, 11) is 3.59. The molecule has 0 radical (unpaired) electrons. The van der Waals surface area contributed by atoms with Crippen LogP contribution in [-0.2, 0) is 17.4 Å². The summed E-state index contributed by atoms with van der Waals surface area (Å²) < 4.78 is 17.5. The summed E-state index contributed by atoms with van der Waals surface area (Å²) in [5, 5.41) is 3.14. The minimum atomic E-state index is 0.00378. The van der Waals surface area contributed by atoms with Crippen LogP contribution >= 0.6 is 0 Å². The fourth-order valence-corrected chi connectivity index (χ4v) is 3.16. The lowest BCUT2D eigenvalue weighted by Gasteiger charge is -2.27. The van der Waals surface area contributed by atoms with Gasteiger partial charge in [-0.1, -0.05) is 59.7 Å². The van der Waals surface area contributed by atoms with Crippen molar-refractivity contribution in [2.24, 2.45) is 0 Å². The molecular weight excluding hydrogens is 362 g/mol. The van der Waals surface area contributed by atoms with Crippen LogP contribution in [0.5, 0.6) is 17.2 Å². The molecule has 0 heterocycles. The summed E-state index contributed by atoms with van der Waals surface area (Å²) in [5.41, 5.74) is 3.81. The van der Waals surface area contributed by atoms with Crippen molar-refractivity contribution < 1.29 is 14.2 Å². The molecule has 160 valence electrons. The minimum absolute atomic E-state index is 0.00378. The molecule has 29 heavy (non-hydrogen) atoms. The molecule has 0 saturated carbocycles. The van der Waals surface area contributed by atoms with Crippen molar-refractivity contribution in [1.82, 2.24) is 5.32 Å². The Balaban J connectivity index is 2.05. The molecule has 0 atom stereocenters. The smallest absolute Gasteiger partial charge is 0.161 e. The fraction of sp³-hybridized carbons (Fsp3) is 0.520. The Morgan fingerprint density at radius 2 is 1.38 bits per heavy atom. The fourth-order valence-electron chi connectivity index (χ4n) is 3.16. The Hall–Kier alpha value is -2.20. The van der Waals surface area contributed by atoms with Crippen LogP contribution in [0.15, 0.2) is 36.4 Å². The molecule has 2 aromatic carbocycles. The van der Waals surface area contributed by atoms with Crippen molar-refractivity contribution in [1.29, 1.82) is 0 Å². The number of methoxy groups -OCH3 is 1. The second-order valence-corrected chi connectivity index (χ2v) is 9.42. The Kier molecular flexibility index (Phi) is 7.59. The summed E-state index contributed by atoms with van der Waals surface area (Å²) in [5.74, 6) is 2.39. The molecule has 2 rings (SSSR count). The predicted molar refractivity (Wildman–Crippen MR) is 121 cm³/mol. The van der Waals surface area contributed by atoms with E-state index in [1.807, 2.05) is 25.2 Å². The second kappa shape index (κ2) is 9.53. The topological polar surface area (TPSA) is 39.7 Å². The van der Waals surface area contributed by atoms with Crippen LogP contribution in [-0.4, -0.2) is 27.4 Å². The van der Waals surface area contributed by atoms with E-state index in [4.69, 9.17) is 14.2 Å². The molecule has 2 aromatic rings. The normalized spacial score (nSPS) is 12.0. The lowest BCUT2D eigenvalue weighted by atomic mass is 9.80. The third-order valence-corrected chi connectivity index (χ3v) is 4.86. The summed E-state index contributed by atoms with van der Waals surface area (Å²) in [6, 6.07) is 12.5. The van der Waals surface area contributed by atoms with E-state index < -0.39 is 0 Å². The zero-order valence-electron chi connectivity index (χ0n) is 19.3. The summed E-state index contributed by atoms with van der Waals surface area (Å²) >= 11 is 0. The van der Waals surface area contributed by atoms with E-state index in [0.717, 1.165) is 29.4 Å². The SMILES string of the molecule is CNCc1ccc(OCCOc2ccc(C(C)(C)C)cc2C(C)(C)C)c(OC)c1. The molecule has 0 aromatic heterocycles. The molecule has 4 nitrogen and oxygen atoms in total. The molecule has 0 spiro atoms. The number of rotatable bonds is 8. The third-order valence-electron chi connectivity index (χ3n) is 4.86. The highest BCUT2D eigenvalue weighted by molar-refractivity contribution is 5.44. The van der Waals surface area contributed by atoms with Gasteiger partial charge >= 0.3 is 0 Å². The van der Waals surface area contributed by atoms with Crippen molar-refractivity contribution in [3.8, 4) is 17.2 Å². The standard InChI is InChI=1S/C25H37NO3/c1-24(2,3)19-10-12-21(20(16-19)25(4,5)6)28-13-14-29-22-11-9-18(17-26-7)15-23(22)27-8/h9-12,15-16,26H,13-14,17H2,1-8H3. The second-order valence-electron chi connectivity index (χ2n) is 9.42. The van der Waals surface area contributed by atoms with Gasteiger partial charge in [-0.2, -0.15) is 0 Å². The van der Waals surface area contributed by atoms with Gasteiger partial charge < -0.3 is 19.5 Å². The maximum Gasteiger partial charge on any atom is 0.161 e. The summed E-state index contributed by atoms with van der Waals surface area (Å²) in [6.45, 7) is 15.1. The van der Waals surface area contributed by atoms with Crippen molar-refractivity contribution in [2.75, 3.05) is 27.4 Å². The van der Waals surface area contributed by atoms with E-state index >= 15 is 0 Å². The highest BCUT2D eigenvalue weighted by atomic mass is 16.5. The van der Waals surface area contributed by atoms with Gasteiger partial charge in [0, 0.05) is 6.54 Å². The monoisotopic (exact) mass is 399 g/mol. The number of nitrogens with one attached hydrogen (secondary N) is 1. The first-order valence-electron chi connectivity index (χ1n) is 10.3. The molecular formula is C25H37NO3. The molecule has 0 amide bonds. The van der Waals surface area contributed by atoms with Gasteiger partial charge in [0.15, 0.2) is 11.5 Å². The van der Waals surface area contributed by atoms with E-state index in [-0.39, 0.29) is 10.8 Å². The molecule has 0 saturated heterocycles. The van der Waals surface area contributed by atoms with Crippen LogP contribution in [0.1, 0.15) is 58.2 Å². The average Bonchev–Trinajstić information content (AvgIpc) is 2.64. The van der Waals surface area contributed by atoms with Gasteiger partial charge in [-0.05, 0) is 52.8 Å². The van der Waals surface area contributed by atoms with E-state index in [9.17, 15) is 0 Å². The molecule has 0 fully saturated rings. The van der Waals surface area contributed by atoms with Gasteiger partial charge in [-0.15, -0.1) is 0 Å². The highest BCUT2D eigenvalue weighted by Crippen LogP contribution is 2.35. The van der Waals surface area contributed by atoms with Gasteiger partial charge in [0.05, 0.1) is 7.11 Å². The van der Waals surface area contributed by atoms with Gasteiger partial charge in [-0.3, -0.25) is 0 Å². The van der Waals surface area contributed by atoms with E-state index in [1.54, 1.807) is 7.11 Å². The maximum absolute atomic E-state index is 6.11. The van der Waals surface area contributed by atoms with Crippen molar-refractivity contribution in [3.05, 3.63) is 53.1 Å². The van der Waals surface area contributed by atoms with Crippen LogP contribution < -0.4 is 19.5 Å².